The minimum atomic E-state index is -0.279. The Bertz CT molecular complexity index is 696. The summed E-state index contributed by atoms with van der Waals surface area (Å²) in [5, 5.41) is 12.0. The quantitative estimate of drug-likeness (QED) is 0.849. The van der Waals surface area contributed by atoms with Crippen LogP contribution in [0.2, 0.25) is 0 Å². The Labute approximate surface area is 136 Å². The molecule has 2 amide bonds. The van der Waals surface area contributed by atoms with Gasteiger partial charge in [0, 0.05) is 12.7 Å². The lowest BCUT2D eigenvalue weighted by Gasteiger charge is -2.19. The van der Waals surface area contributed by atoms with E-state index in [4.69, 9.17) is 4.74 Å². The molecule has 0 fully saturated rings. The van der Waals surface area contributed by atoms with Gasteiger partial charge in [-0.2, -0.15) is 0 Å². The van der Waals surface area contributed by atoms with Crippen molar-refractivity contribution in [3.63, 3.8) is 0 Å². The van der Waals surface area contributed by atoms with Gasteiger partial charge in [-0.25, -0.2) is 4.79 Å². The minimum absolute atomic E-state index is 0.0897. The Kier molecular flexibility index (Phi) is 5.11. The van der Waals surface area contributed by atoms with Crippen molar-refractivity contribution in [1.29, 1.82) is 0 Å². The van der Waals surface area contributed by atoms with Gasteiger partial charge in [0.1, 0.15) is 11.5 Å². The number of phenolic OH excluding ortho intramolecular Hbond substituents is 1. The molecule has 122 valence electrons. The Morgan fingerprint density at radius 1 is 1.09 bits per heavy atom. The first-order valence-corrected chi connectivity index (χ1v) is 7.40. The van der Waals surface area contributed by atoms with Crippen molar-refractivity contribution < 1.29 is 14.6 Å². The van der Waals surface area contributed by atoms with Crippen LogP contribution in [0.3, 0.4) is 0 Å². The van der Waals surface area contributed by atoms with Gasteiger partial charge in [0.25, 0.3) is 0 Å². The van der Waals surface area contributed by atoms with E-state index in [-0.39, 0.29) is 18.5 Å². The fourth-order valence-electron chi connectivity index (χ4n) is 2.23. The van der Waals surface area contributed by atoms with Crippen LogP contribution in [0.1, 0.15) is 16.7 Å². The Balaban J connectivity index is 1.95. The molecule has 0 unspecified atom stereocenters. The van der Waals surface area contributed by atoms with E-state index in [2.05, 4.69) is 11.4 Å². The van der Waals surface area contributed by atoms with E-state index in [0.717, 1.165) is 22.4 Å². The number of rotatable bonds is 4. The highest BCUT2D eigenvalue weighted by molar-refractivity contribution is 5.91. The SMILES string of the molecule is Cc1ccc(C)c(OCNC(=O)N(C)c2ccc(O)cc2)c1C. The van der Waals surface area contributed by atoms with Gasteiger partial charge in [0.2, 0.25) is 0 Å². The molecule has 0 atom stereocenters. The van der Waals surface area contributed by atoms with Crippen molar-refractivity contribution in [2.24, 2.45) is 0 Å². The number of amides is 2. The number of aromatic hydroxyl groups is 1. The lowest BCUT2D eigenvalue weighted by atomic mass is 10.1. The highest BCUT2D eigenvalue weighted by Gasteiger charge is 2.11. The van der Waals surface area contributed by atoms with Crippen LogP contribution in [0.25, 0.3) is 0 Å². The highest BCUT2D eigenvalue weighted by atomic mass is 16.5. The van der Waals surface area contributed by atoms with E-state index in [1.54, 1.807) is 19.2 Å². The predicted molar refractivity (Wildman–Crippen MR) is 91.2 cm³/mol. The van der Waals surface area contributed by atoms with Gasteiger partial charge < -0.3 is 15.2 Å². The lowest BCUT2D eigenvalue weighted by molar-refractivity contribution is 0.229. The molecule has 2 rings (SSSR count). The molecule has 2 aromatic carbocycles. The van der Waals surface area contributed by atoms with Crippen LogP contribution in [0.15, 0.2) is 36.4 Å². The fraction of sp³-hybridized carbons (Fsp3) is 0.278. The first kappa shape index (κ1) is 16.7. The number of urea groups is 1. The van der Waals surface area contributed by atoms with E-state index in [9.17, 15) is 9.90 Å². The van der Waals surface area contributed by atoms with Gasteiger partial charge in [-0.15, -0.1) is 0 Å². The molecule has 0 spiro atoms. The topological polar surface area (TPSA) is 61.8 Å². The van der Waals surface area contributed by atoms with Crippen LogP contribution in [0, 0.1) is 20.8 Å². The molecule has 0 heterocycles. The number of hydrogen-bond acceptors (Lipinski definition) is 3. The van der Waals surface area contributed by atoms with E-state index in [1.165, 1.54) is 17.0 Å². The maximum atomic E-state index is 12.1. The zero-order chi connectivity index (χ0) is 17.0. The molecule has 5 nitrogen and oxygen atoms in total. The van der Waals surface area contributed by atoms with Crippen molar-refractivity contribution in [3.05, 3.63) is 53.1 Å². The summed E-state index contributed by atoms with van der Waals surface area (Å²) in [4.78, 5) is 13.6. The summed E-state index contributed by atoms with van der Waals surface area (Å²) in [7, 11) is 1.66. The number of carbonyl (C=O) groups is 1. The van der Waals surface area contributed by atoms with Crippen molar-refractivity contribution in [3.8, 4) is 11.5 Å². The summed E-state index contributed by atoms with van der Waals surface area (Å²) < 4.78 is 5.73. The largest absolute Gasteiger partial charge is 0.508 e. The molecule has 0 aliphatic heterocycles. The Morgan fingerprint density at radius 3 is 2.35 bits per heavy atom. The molecular weight excluding hydrogens is 292 g/mol. The fourth-order valence-corrected chi connectivity index (χ4v) is 2.23. The summed E-state index contributed by atoms with van der Waals surface area (Å²) in [6.07, 6.45) is 0. The van der Waals surface area contributed by atoms with Gasteiger partial charge in [-0.1, -0.05) is 12.1 Å². The lowest BCUT2D eigenvalue weighted by Crippen LogP contribution is -2.39. The number of ether oxygens (including phenoxy) is 1. The van der Waals surface area contributed by atoms with E-state index in [1.807, 2.05) is 26.8 Å². The molecule has 0 aliphatic carbocycles. The molecule has 0 aromatic heterocycles. The second kappa shape index (κ2) is 7.05. The maximum Gasteiger partial charge on any atom is 0.324 e. The van der Waals surface area contributed by atoms with E-state index in [0.29, 0.717) is 5.69 Å². The second-order valence-electron chi connectivity index (χ2n) is 5.50. The summed E-state index contributed by atoms with van der Waals surface area (Å²) in [6.45, 7) is 6.10. The summed E-state index contributed by atoms with van der Waals surface area (Å²) in [6, 6.07) is 10.2. The third-order valence-corrected chi connectivity index (χ3v) is 3.86. The van der Waals surface area contributed by atoms with E-state index >= 15 is 0 Å². The zero-order valence-corrected chi connectivity index (χ0v) is 13.9. The maximum absolute atomic E-state index is 12.1. The highest BCUT2D eigenvalue weighted by Crippen LogP contribution is 2.25. The van der Waals surface area contributed by atoms with Crippen LogP contribution in [0.4, 0.5) is 10.5 Å². The monoisotopic (exact) mass is 314 g/mol. The van der Waals surface area contributed by atoms with Gasteiger partial charge in [-0.05, 0) is 61.7 Å². The second-order valence-corrected chi connectivity index (χ2v) is 5.50. The molecule has 2 aromatic rings. The third-order valence-electron chi connectivity index (χ3n) is 3.86. The van der Waals surface area contributed by atoms with Crippen LogP contribution in [-0.4, -0.2) is 24.9 Å². The van der Waals surface area contributed by atoms with Gasteiger partial charge in [0.15, 0.2) is 6.73 Å². The van der Waals surface area contributed by atoms with Gasteiger partial charge in [-0.3, -0.25) is 4.90 Å². The molecule has 0 saturated carbocycles. The summed E-state index contributed by atoms with van der Waals surface area (Å²) >= 11 is 0. The van der Waals surface area contributed by atoms with E-state index < -0.39 is 0 Å². The number of benzene rings is 2. The smallest absolute Gasteiger partial charge is 0.324 e. The summed E-state index contributed by atoms with van der Waals surface area (Å²) in [5.74, 6) is 0.967. The minimum Gasteiger partial charge on any atom is -0.508 e. The van der Waals surface area contributed by atoms with Crippen LogP contribution >= 0.6 is 0 Å². The van der Waals surface area contributed by atoms with Crippen molar-refractivity contribution >= 4 is 11.7 Å². The third kappa shape index (κ3) is 3.94. The van der Waals surface area contributed by atoms with Gasteiger partial charge >= 0.3 is 6.03 Å². The predicted octanol–water partition coefficient (Wildman–Crippen LogP) is 3.50. The van der Waals surface area contributed by atoms with Crippen LogP contribution in [-0.2, 0) is 0 Å². The molecule has 0 bridgehead atoms. The molecule has 5 heteroatoms. The van der Waals surface area contributed by atoms with Gasteiger partial charge in [0.05, 0.1) is 0 Å². The number of anilines is 1. The number of aryl methyl sites for hydroxylation is 2. The molecule has 23 heavy (non-hydrogen) atoms. The first-order chi connectivity index (χ1) is 10.9. The van der Waals surface area contributed by atoms with Crippen molar-refractivity contribution in [1.82, 2.24) is 5.32 Å². The molecule has 2 N–H and O–H groups in total. The standard InChI is InChI=1S/C18H22N2O3/c1-12-5-6-13(2)17(14(12)3)23-11-19-18(22)20(4)15-7-9-16(21)10-8-15/h5-10,21H,11H2,1-4H3,(H,19,22). The molecule has 0 aliphatic rings. The average Bonchev–Trinajstić information content (AvgIpc) is 2.54. The number of hydrogen-bond donors (Lipinski definition) is 2. The molecule has 0 saturated heterocycles. The van der Waals surface area contributed by atoms with Crippen LogP contribution in [0.5, 0.6) is 11.5 Å². The molecule has 0 radical (unpaired) electrons. The number of phenols is 1. The normalized spacial score (nSPS) is 10.3. The Hall–Kier alpha value is -2.69. The van der Waals surface area contributed by atoms with Crippen LogP contribution < -0.4 is 15.0 Å². The molecular formula is C18H22N2O3. The Morgan fingerprint density at radius 2 is 1.70 bits per heavy atom. The van der Waals surface area contributed by atoms with Crippen molar-refractivity contribution in [2.45, 2.75) is 20.8 Å². The number of nitrogens with zero attached hydrogens (tertiary/aromatic N) is 1. The number of nitrogens with one attached hydrogen (secondary N) is 1. The van der Waals surface area contributed by atoms with Crippen molar-refractivity contribution in [2.75, 3.05) is 18.7 Å². The summed E-state index contributed by atoms with van der Waals surface area (Å²) in [5.41, 5.74) is 3.95. The zero-order valence-electron chi connectivity index (χ0n) is 13.9. The average molecular weight is 314 g/mol. The number of carbonyl (C=O) groups excluding carboxylic acids is 1. The first-order valence-electron chi connectivity index (χ1n) is 7.40.